The van der Waals surface area contributed by atoms with Gasteiger partial charge in [-0.15, -0.1) is 0 Å². The van der Waals surface area contributed by atoms with E-state index in [0.29, 0.717) is 22.3 Å². The molecule has 0 fully saturated rings. The van der Waals surface area contributed by atoms with Crippen molar-refractivity contribution in [3.8, 4) is 16.9 Å². The van der Waals surface area contributed by atoms with Crippen LogP contribution in [0.25, 0.3) is 17.2 Å². The minimum absolute atomic E-state index is 0.0111. The number of Topliss-reactive ketones (excluding diaryl/α,β-unsaturated/α-hetero) is 2. The predicted octanol–water partition coefficient (Wildman–Crippen LogP) is 1.97. The van der Waals surface area contributed by atoms with Crippen molar-refractivity contribution in [3.63, 3.8) is 0 Å². The lowest BCUT2D eigenvalue weighted by atomic mass is 9.58. The molecule has 0 aromatic heterocycles. The van der Waals surface area contributed by atoms with Crippen LogP contribution in [0, 0.1) is 11.8 Å². The summed E-state index contributed by atoms with van der Waals surface area (Å²) in [6.07, 6.45) is 3.00. The van der Waals surface area contributed by atoms with E-state index in [1.165, 1.54) is 24.2 Å². The quantitative estimate of drug-likeness (QED) is 0.201. The number of hydrogen-bond acceptors (Lipinski definition) is 10. The highest BCUT2D eigenvalue weighted by Gasteiger charge is 2.63. The number of phenols is 1. The van der Waals surface area contributed by atoms with Crippen molar-refractivity contribution < 1.29 is 44.3 Å². The molecule has 3 aliphatic carbocycles. The first-order valence-corrected chi connectivity index (χ1v) is 13.2. The van der Waals surface area contributed by atoms with E-state index in [0.717, 1.165) is 0 Å². The Bertz CT molecular complexity index is 1650. The molecule has 218 valence electrons. The zero-order valence-corrected chi connectivity index (χ0v) is 23.1. The van der Waals surface area contributed by atoms with Gasteiger partial charge in [0.25, 0.3) is 5.91 Å². The van der Waals surface area contributed by atoms with Crippen molar-refractivity contribution in [2.24, 2.45) is 17.6 Å². The molecule has 5 rings (SSSR count). The molecule has 0 heterocycles. The molecule has 1 amide bonds. The monoisotopic (exact) mass is 574 g/mol. The van der Waals surface area contributed by atoms with Gasteiger partial charge in [-0.05, 0) is 73.3 Å². The molecule has 0 saturated heterocycles. The number of esters is 1. The number of methoxy groups -OCH3 is 1. The number of amides is 1. The first-order chi connectivity index (χ1) is 19.8. The van der Waals surface area contributed by atoms with Crippen molar-refractivity contribution >= 4 is 29.5 Å². The van der Waals surface area contributed by atoms with Gasteiger partial charge in [-0.25, -0.2) is 4.79 Å². The molecule has 0 unspecified atom stereocenters. The number of allylic oxidation sites excluding steroid dienone is 1. The van der Waals surface area contributed by atoms with E-state index < -0.39 is 64.0 Å². The molecule has 6 N–H and O–H groups in total. The second kappa shape index (κ2) is 10.3. The van der Waals surface area contributed by atoms with E-state index in [2.05, 4.69) is 4.74 Å². The standard InChI is InChI=1S/C31H30N2O9/c1-33(2)25-19-13-16-12-18-17(15-6-4-5-14(11-15)7-10-21(35)42-3)8-9-20(34)23(18)26(36)22(16)28(38)31(19,41)29(39)24(27(25)37)30(32)40/h4-11,16,19,25,34,37-38,41H,12-13H2,1-3H3,(H2,32,40)/b10-7+/t16-,19-,25-,31-/m1/s1. The van der Waals surface area contributed by atoms with Crippen molar-refractivity contribution in [2.75, 3.05) is 21.2 Å². The number of hydrogen-bond donors (Lipinski definition) is 5. The summed E-state index contributed by atoms with van der Waals surface area (Å²) >= 11 is 0. The second-order valence-electron chi connectivity index (χ2n) is 10.9. The average molecular weight is 575 g/mol. The fourth-order valence-corrected chi connectivity index (χ4v) is 6.56. The van der Waals surface area contributed by atoms with E-state index in [-0.39, 0.29) is 29.7 Å². The number of likely N-dealkylation sites (N-methyl/N-ethyl adjacent to an activating group) is 1. The van der Waals surface area contributed by atoms with Gasteiger partial charge in [0.1, 0.15) is 22.8 Å². The van der Waals surface area contributed by atoms with E-state index in [4.69, 9.17) is 5.73 Å². The lowest BCUT2D eigenvalue weighted by molar-refractivity contribution is -0.148. The number of benzene rings is 2. The van der Waals surface area contributed by atoms with Crippen molar-refractivity contribution in [1.29, 1.82) is 0 Å². The van der Waals surface area contributed by atoms with E-state index in [1.807, 2.05) is 6.07 Å². The van der Waals surface area contributed by atoms with Gasteiger partial charge in [0.15, 0.2) is 11.4 Å². The molecule has 0 radical (unpaired) electrons. The Balaban J connectivity index is 1.66. The van der Waals surface area contributed by atoms with Gasteiger partial charge in [-0.1, -0.05) is 24.3 Å². The number of carbonyl (C=O) groups excluding carboxylic acids is 4. The van der Waals surface area contributed by atoms with Gasteiger partial charge in [0.2, 0.25) is 5.78 Å². The average Bonchev–Trinajstić information content (AvgIpc) is 2.93. The fraction of sp³-hybridized carbons (Fsp3) is 0.290. The predicted molar refractivity (Wildman–Crippen MR) is 150 cm³/mol. The van der Waals surface area contributed by atoms with Crippen LogP contribution in [-0.4, -0.2) is 81.6 Å². The Kier molecular flexibility index (Phi) is 7.04. The third kappa shape index (κ3) is 4.20. The van der Waals surface area contributed by atoms with Crippen LogP contribution in [0.5, 0.6) is 5.75 Å². The Morgan fingerprint density at radius 1 is 1.12 bits per heavy atom. The van der Waals surface area contributed by atoms with Crippen molar-refractivity contribution in [1.82, 2.24) is 4.90 Å². The van der Waals surface area contributed by atoms with Gasteiger partial charge in [0.05, 0.1) is 18.7 Å². The normalized spacial score (nSPS) is 25.4. The van der Waals surface area contributed by atoms with Gasteiger partial charge in [0, 0.05) is 17.6 Å². The number of aliphatic hydroxyl groups excluding tert-OH is 2. The molecule has 0 bridgehead atoms. The SMILES string of the molecule is COC(=O)/C=C/c1cccc(-c2ccc(O)c3c2C[C@@H]2C[C@@H]4[C@@H](N(C)C)C(O)=C(C(N)=O)C(=O)[C@]4(O)C(O)=C2C3=O)c1. The lowest BCUT2D eigenvalue weighted by Crippen LogP contribution is -2.63. The maximum absolute atomic E-state index is 13.9. The van der Waals surface area contributed by atoms with Crippen LogP contribution in [0.2, 0.25) is 0 Å². The van der Waals surface area contributed by atoms with E-state index >= 15 is 0 Å². The summed E-state index contributed by atoms with van der Waals surface area (Å²) in [6.45, 7) is 0. The maximum Gasteiger partial charge on any atom is 0.330 e. The number of aromatic hydroxyl groups is 1. The number of carbonyl (C=O) groups is 4. The molecule has 4 atom stereocenters. The Morgan fingerprint density at radius 3 is 2.48 bits per heavy atom. The molecule has 0 aliphatic heterocycles. The van der Waals surface area contributed by atoms with Gasteiger partial charge >= 0.3 is 5.97 Å². The highest BCUT2D eigenvalue weighted by atomic mass is 16.5. The van der Waals surface area contributed by atoms with Gasteiger partial charge in [-0.2, -0.15) is 0 Å². The Hall–Kier alpha value is -4.74. The maximum atomic E-state index is 13.9. The minimum atomic E-state index is -2.70. The van der Waals surface area contributed by atoms with E-state index in [1.54, 1.807) is 44.4 Å². The van der Waals surface area contributed by atoms with Crippen LogP contribution in [0.1, 0.15) is 27.9 Å². The Morgan fingerprint density at radius 2 is 1.83 bits per heavy atom. The molecule has 0 saturated carbocycles. The Labute approximate surface area is 240 Å². The minimum Gasteiger partial charge on any atom is -0.510 e. The van der Waals surface area contributed by atoms with Crippen LogP contribution in [0.4, 0.5) is 0 Å². The topological polar surface area (TPSA) is 188 Å². The lowest BCUT2D eigenvalue weighted by Gasteiger charge is -2.50. The van der Waals surface area contributed by atoms with Crippen LogP contribution in [0.3, 0.4) is 0 Å². The van der Waals surface area contributed by atoms with Crippen molar-refractivity contribution in [3.05, 3.63) is 81.8 Å². The molecule has 2 aromatic rings. The van der Waals surface area contributed by atoms with E-state index in [9.17, 15) is 39.6 Å². The number of aliphatic hydroxyl groups is 3. The van der Waals surface area contributed by atoms with Crippen LogP contribution in [0.15, 0.2) is 65.1 Å². The third-order valence-corrected chi connectivity index (χ3v) is 8.42. The molecule has 2 aromatic carbocycles. The summed E-state index contributed by atoms with van der Waals surface area (Å²) in [6, 6.07) is 9.11. The summed E-state index contributed by atoms with van der Waals surface area (Å²) in [5.74, 6) is -7.54. The summed E-state index contributed by atoms with van der Waals surface area (Å²) in [5.41, 5.74) is 4.03. The number of nitrogens with zero attached hydrogens (tertiary/aromatic N) is 1. The highest BCUT2D eigenvalue weighted by Crippen LogP contribution is 2.53. The van der Waals surface area contributed by atoms with Crippen LogP contribution < -0.4 is 5.73 Å². The zero-order chi connectivity index (χ0) is 30.7. The zero-order valence-electron chi connectivity index (χ0n) is 23.1. The number of fused-ring (bicyclic) bond motifs is 3. The first-order valence-electron chi connectivity index (χ1n) is 13.2. The fourth-order valence-electron chi connectivity index (χ4n) is 6.56. The molecule has 3 aliphatic rings. The molecular formula is C31H30N2O9. The van der Waals surface area contributed by atoms with Gasteiger partial charge < -0.3 is 30.9 Å². The smallest absolute Gasteiger partial charge is 0.330 e. The number of phenolic OH excluding ortho intramolecular Hbond substituents is 1. The third-order valence-electron chi connectivity index (χ3n) is 8.42. The number of ether oxygens (including phenoxy) is 1. The number of primary amides is 1. The van der Waals surface area contributed by atoms with Crippen LogP contribution >= 0.6 is 0 Å². The molecule has 11 heteroatoms. The molecule has 0 spiro atoms. The summed E-state index contributed by atoms with van der Waals surface area (Å²) in [7, 11) is 4.42. The number of ketones is 2. The largest absolute Gasteiger partial charge is 0.510 e. The number of rotatable bonds is 5. The van der Waals surface area contributed by atoms with Crippen molar-refractivity contribution in [2.45, 2.75) is 24.5 Å². The summed E-state index contributed by atoms with van der Waals surface area (Å²) in [5, 5.41) is 44.9. The van der Waals surface area contributed by atoms with Gasteiger partial charge in [-0.3, -0.25) is 19.3 Å². The molecular weight excluding hydrogens is 544 g/mol. The first kappa shape index (κ1) is 28.8. The molecule has 42 heavy (non-hydrogen) atoms. The summed E-state index contributed by atoms with van der Waals surface area (Å²) < 4.78 is 4.64. The molecule has 11 nitrogen and oxygen atoms in total. The second-order valence-corrected chi connectivity index (χ2v) is 10.9. The summed E-state index contributed by atoms with van der Waals surface area (Å²) in [4.78, 5) is 52.6. The number of nitrogens with two attached hydrogens (primary N) is 1. The van der Waals surface area contributed by atoms with Crippen LogP contribution in [-0.2, 0) is 25.5 Å². The highest BCUT2D eigenvalue weighted by molar-refractivity contribution is 6.25.